The quantitative estimate of drug-likeness (QED) is 0.787. The molecular weight excluding hydrogens is 359 g/mol. The molecule has 2 fully saturated rings. The standard InChI is InChI=1S/C19H22F3N3O2/c1-10(2)14-8-13(19(20,21)22)15-16(24-27-17(15)23-14)12-4-3-7-25(9-12)18(26)11-5-6-11/h8,10-12H,3-7,9H2,1-2H3/t12-/m0/s1. The minimum Gasteiger partial charge on any atom is -0.342 e. The number of hydrogen-bond donors (Lipinski definition) is 0. The third-order valence-electron chi connectivity index (χ3n) is 5.44. The van der Waals surface area contributed by atoms with Gasteiger partial charge in [0.25, 0.3) is 5.71 Å². The molecule has 2 aromatic heterocycles. The van der Waals surface area contributed by atoms with Crippen LogP contribution in [-0.2, 0) is 11.0 Å². The molecule has 0 spiro atoms. The van der Waals surface area contributed by atoms with Crippen molar-refractivity contribution in [2.45, 2.75) is 57.5 Å². The van der Waals surface area contributed by atoms with Crippen LogP contribution in [0.5, 0.6) is 0 Å². The number of amides is 1. The summed E-state index contributed by atoms with van der Waals surface area (Å²) in [4.78, 5) is 18.4. The maximum absolute atomic E-state index is 13.7. The number of fused-ring (bicyclic) bond motifs is 1. The molecule has 1 atom stereocenters. The minimum atomic E-state index is -4.52. The minimum absolute atomic E-state index is 0.0578. The maximum atomic E-state index is 13.7. The summed E-state index contributed by atoms with van der Waals surface area (Å²) in [7, 11) is 0. The second-order valence-corrected chi connectivity index (χ2v) is 7.89. The van der Waals surface area contributed by atoms with Crippen molar-refractivity contribution < 1.29 is 22.5 Å². The van der Waals surface area contributed by atoms with E-state index in [0.717, 1.165) is 25.3 Å². The fourth-order valence-corrected chi connectivity index (χ4v) is 3.78. The van der Waals surface area contributed by atoms with Gasteiger partial charge in [-0.25, -0.2) is 4.98 Å². The first-order valence-corrected chi connectivity index (χ1v) is 9.42. The van der Waals surface area contributed by atoms with E-state index in [-0.39, 0.29) is 40.5 Å². The van der Waals surface area contributed by atoms with E-state index in [1.807, 2.05) is 0 Å². The monoisotopic (exact) mass is 381 g/mol. The van der Waals surface area contributed by atoms with Gasteiger partial charge in [0, 0.05) is 30.6 Å². The molecular formula is C19H22F3N3O2. The smallest absolute Gasteiger partial charge is 0.342 e. The van der Waals surface area contributed by atoms with Gasteiger partial charge in [-0.2, -0.15) is 13.2 Å². The average Bonchev–Trinajstić information content (AvgIpc) is 3.38. The summed E-state index contributed by atoms with van der Waals surface area (Å²) in [6, 6.07) is 1.10. The molecule has 3 heterocycles. The maximum Gasteiger partial charge on any atom is 0.417 e. The first-order valence-electron chi connectivity index (χ1n) is 9.42. The number of hydrogen-bond acceptors (Lipinski definition) is 4. The average molecular weight is 381 g/mol. The highest BCUT2D eigenvalue weighted by atomic mass is 19.4. The molecule has 1 aliphatic carbocycles. The molecule has 2 aliphatic rings. The second kappa shape index (κ2) is 6.49. The van der Waals surface area contributed by atoms with Gasteiger partial charge in [-0.3, -0.25) is 4.79 Å². The Kier molecular flexibility index (Phi) is 4.39. The van der Waals surface area contributed by atoms with Gasteiger partial charge in [0.1, 0.15) is 0 Å². The molecule has 8 heteroatoms. The van der Waals surface area contributed by atoms with Gasteiger partial charge in [-0.15, -0.1) is 0 Å². The number of aromatic nitrogens is 2. The zero-order valence-electron chi connectivity index (χ0n) is 15.3. The van der Waals surface area contributed by atoms with Crippen LogP contribution in [0.25, 0.3) is 11.1 Å². The Morgan fingerprint density at radius 1 is 1.30 bits per heavy atom. The molecule has 1 saturated heterocycles. The summed E-state index contributed by atoms with van der Waals surface area (Å²) in [5, 5.41) is 3.91. The van der Waals surface area contributed by atoms with Gasteiger partial charge >= 0.3 is 6.18 Å². The van der Waals surface area contributed by atoms with Crippen molar-refractivity contribution in [3.05, 3.63) is 23.0 Å². The molecule has 0 bridgehead atoms. The van der Waals surface area contributed by atoms with Crippen LogP contribution in [-0.4, -0.2) is 34.0 Å². The summed E-state index contributed by atoms with van der Waals surface area (Å²) in [5.74, 6) is -0.219. The van der Waals surface area contributed by atoms with Crippen LogP contribution in [0.4, 0.5) is 13.2 Å². The van der Waals surface area contributed by atoms with Crippen LogP contribution in [0, 0.1) is 5.92 Å². The highest BCUT2D eigenvalue weighted by molar-refractivity contribution is 5.83. The zero-order chi connectivity index (χ0) is 19.3. The Morgan fingerprint density at radius 3 is 2.67 bits per heavy atom. The first kappa shape index (κ1) is 18.3. The van der Waals surface area contributed by atoms with E-state index in [9.17, 15) is 18.0 Å². The van der Waals surface area contributed by atoms with Crippen molar-refractivity contribution in [2.24, 2.45) is 5.92 Å². The van der Waals surface area contributed by atoms with Gasteiger partial charge in [0.15, 0.2) is 0 Å². The number of likely N-dealkylation sites (tertiary alicyclic amines) is 1. The Hall–Kier alpha value is -2.12. The molecule has 2 aromatic rings. The van der Waals surface area contributed by atoms with Gasteiger partial charge in [-0.1, -0.05) is 19.0 Å². The zero-order valence-corrected chi connectivity index (χ0v) is 15.3. The SMILES string of the molecule is CC(C)c1cc(C(F)(F)F)c2c([C@H]3CCCN(C(=O)C4CC4)C3)noc2n1. The third-order valence-corrected chi connectivity index (χ3v) is 5.44. The van der Waals surface area contributed by atoms with Crippen molar-refractivity contribution in [3.8, 4) is 0 Å². The van der Waals surface area contributed by atoms with Crippen LogP contribution in [0.15, 0.2) is 10.6 Å². The number of nitrogens with zero attached hydrogens (tertiary/aromatic N) is 3. The fourth-order valence-electron chi connectivity index (χ4n) is 3.78. The predicted molar refractivity (Wildman–Crippen MR) is 92.2 cm³/mol. The molecule has 0 aromatic carbocycles. The molecule has 27 heavy (non-hydrogen) atoms. The van der Waals surface area contributed by atoms with E-state index in [4.69, 9.17) is 4.52 Å². The van der Waals surface area contributed by atoms with Crippen molar-refractivity contribution in [1.82, 2.24) is 15.0 Å². The van der Waals surface area contributed by atoms with Gasteiger partial charge in [0.2, 0.25) is 5.91 Å². The summed E-state index contributed by atoms with van der Waals surface area (Å²) in [5.41, 5.74) is -0.229. The molecule has 1 amide bonds. The molecule has 5 nitrogen and oxygen atoms in total. The lowest BCUT2D eigenvalue weighted by Crippen LogP contribution is -2.40. The van der Waals surface area contributed by atoms with E-state index in [2.05, 4.69) is 10.1 Å². The topological polar surface area (TPSA) is 59.2 Å². The number of rotatable bonds is 3. The molecule has 1 aliphatic heterocycles. The number of carbonyl (C=O) groups is 1. The molecule has 0 N–H and O–H groups in total. The van der Waals surface area contributed by atoms with Crippen LogP contribution in [0.2, 0.25) is 0 Å². The largest absolute Gasteiger partial charge is 0.417 e. The van der Waals surface area contributed by atoms with Crippen molar-refractivity contribution >= 4 is 17.0 Å². The lowest BCUT2D eigenvalue weighted by atomic mass is 9.91. The highest BCUT2D eigenvalue weighted by Crippen LogP contribution is 2.41. The number of pyridine rings is 1. The van der Waals surface area contributed by atoms with Crippen molar-refractivity contribution in [1.29, 1.82) is 0 Å². The first-order chi connectivity index (χ1) is 12.8. The fraction of sp³-hybridized carbons (Fsp3) is 0.632. The van der Waals surface area contributed by atoms with Gasteiger partial charge in [-0.05, 0) is 37.7 Å². The lowest BCUT2D eigenvalue weighted by Gasteiger charge is -2.32. The summed E-state index contributed by atoms with van der Waals surface area (Å²) in [6.07, 6.45) is -1.28. The predicted octanol–water partition coefficient (Wildman–Crippen LogP) is 4.48. The van der Waals surface area contributed by atoms with E-state index >= 15 is 0 Å². The summed E-state index contributed by atoms with van der Waals surface area (Å²) in [6.45, 7) is 4.62. The third kappa shape index (κ3) is 3.41. The van der Waals surface area contributed by atoms with E-state index in [1.165, 1.54) is 0 Å². The number of piperidine rings is 1. The van der Waals surface area contributed by atoms with Crippen molar-refractivity contribution in [2.75, 3.05) is 13.1 Å². The molecule has 0 unspecified atom stereocenters. The van der Waals surface area contributed by atoms with Crippen LogP contribution in [0.3, 0.4) is 0 Å². The van der Waals surface area contributed by atoms with Crippen LogP contribution in [0.1, 0.15) is 68.3 Å². The number of carbonyl (C=O) groups excluding carboxylic acids is 1. The normalized spacial score (nSPS) is 21.3. The molecule has 146 valence electrons. The Balaban J connectivity index is 1.74. The van der Waals surface area contributed by atoms with E-state index in [0.29, 0.717) is 25.2 Å². The highest BCUT2D eigenvalue weighted by Gasteiger charge is 2.40. The van der Waals surface area contributed by atoms with Gasteiger partial charge < -0.3 is 9.42 Å². The molecule has 1 saturated carbocycles. The Morgan fingerprint density at radius 2 is 2.04 bits per heavy atom. The van der Waals surface area contributed by atoms with E-state index in [1.54, 1.807) is 18.7 Å². The Labute approximate surface area is 154 Å². The van der Waals surface area contributed by atoms with Crippen LogP contribution < -0.4 is 0 Å². The van der Waals surface area contributed by atoms with E-state index < -0.39 is 11.7 Å². The molecule has 4 rings (SSSR count). The summed E-state index contributed by atoms with van der Waals surface area (Å²) < 4.78 is 46.4. The molecule has 0 radical (unpaired) electrons. The lowest BCUT2D eigenvalue weighted by molar-refractivity contribution is -0.136. The van der Waals surface area contributed by atoms with Crippen LogP contribution >= 0.6 is 0 Å². The van der Waals surface area contributed by atoms with Gasteiger partial charge in [0.05, 0.1) is 16.6 Å². The second-order valence-electron chi connectivity index (χ2n) is 7.89. The summed E-state index contributed by atoms with van der Waals surface area (Å²) >= 11 is 0. The number of halogens is 3. The Bertz CT molecular complexity index is 871. The van der Waals surface area contributed by atoms with Crippen molar-refractivity contribution in [3.63, 3.8) is 0 Å². The number of alkyl halides is 3.